The molecule has 4 heteroatoms. The molecule has 22 heavy (non-hydrogen) atoms. The van der Waals surface area contributed by atoms with Crippen molar-refractivity contribution in [2.24, 2.45) is 0 Å². The van der Waals surface area contributed by atoms with E-state index >= 15 is 0 Å². The first-order chi connectivity index (χ1) is 10.8. The smallest absolute Gasteiger partial charge is 0.0661 e. The van der Waals surface area contributed by atoms with Crippen molar-refractivity contribution in [1.29, 1.82) is 0 Å². The number of methoxy groups -OCH3 is 1. The molecule has 0 unspecified atom stereocenters. The zero-order valence-electron chi connectivity index (χ0n) is 12.8. The van der Waals surface area contributed by atoms with Crippen LogP contribution in [-0.2, 0) is 4.74 Å². The number of nitrogens with zero attached hydrogens (tertiary/aromatic N) is 1. The van der Waals surface area contributed by atoms with Crippen molar-refractivity contribution >= 4 is 38.7 Å². The molecule has 1 heterocycles. The highest BCUT2D eigenvalue weighted by Gasteiger charge is 2.21. The van der Waals surface area contributed by atoms with E-state index in [0.717, 1.165) is 30.5 Å². The molecule has 0 aromatic heterocycles. The van der Waals surface area contributed by atoms with Gasteiger partial charge in [-0.25, -0.2) is 0 Å². The van der Waals surface area contributed by atoms with Gasteiger partial charge in [-0.3, -0.25) is 0 Å². The van der Waals surface area contributed by atoms with Crippen molar-refractivity contribution in [2.45, 2.75) is 19.3 Å². The second-order valence-corrected chi connectivity index (χ2v) is 6.42. The predicted octanol–water partition coefficient (Wildman–Crippen LogP) is 5.46. The van der Waals surface area contributed by atoms with E-state index in [9.17, 15) is 0 Å². The molecule has 0 atom stereocenters. The molecule has 0 bridgehead atoms. The number of benzene rings is 2. The van der Waals surface area contributed by atoms with Crippen LogP contribution in [-0.4, -0.2) is 20.3 Å². The topological polar surface area (TPSA) is 24.5 Å². The minimum atomic E-state index is 0.847. The molecule has 3 nitrogen and oxygen atoms in total. The van der Waals surface area contributed by atoms with Gasteiger partial charge in [-0.15, -0.1) is 0 Å². The second kappa shape index (κ2) is 7.16. The normalized spacial score (nSPS) is 12.5. The Labute approximate surface area is 140 Å². The number of hydrogen-bond acceptors (Lipinski definition) is 3. The Hall–Kier alpha value is -1.52. The average molecular weight is 361 g/mol. The second-order valence-electron chi connectivity index (χ2n) is 5.51. The first-order valence-electron chi connectivity index (χ1n) is 7.71. The molecule has 0 saturated carbocycles. The SMILES string of the molecule is COCCCCCN1c2ccccc2Nc2ccc(Br)cc21. The highest BCUT2D eigenvalue weighted by atomic mass is 79.9. The number of hydrogen-bond donors (Lipinski definition) is 1. The summed E-state index contributed by atoms with van der Waals surface area (Å²) in [6.07, 6.45) is 3.46. The van der Waals surface area contributed by atoms with Gasteiger partial charge in [0.25, 0.3) is 0 Å². The molecule has 0 saturated heterocycles. The summed E-state index contributed by atoms with van der Waals surface area (Å²) < 4.78 is 6.24. The number of nitrogens with one attached hydrogen (secondary N) is 1. The molecule has 2 aromatic rings. The number of para-hydroxylation sites is 2. The third-order valence-electron chi connectivity index (χ3n) is 3.94. The zero-order chi connectivity index (χ0) is 15.4. The van der Waals surface area contributed by atoms with Crippen LogP contribution in [0.25, 0.3) is 0 Å². The lowest BCUT2D eigenvalue weighted by molar-refractivity contribution is 0.192. The lowest BCUT2D eigenvalue weighted by atomic mass is 10.1. The van der Waals surface area contributed by atoms with E-state index in [1.807, 2.05) is 0 Å². The summed E-state index contributed by atoms with van der Waals surface area (Å²) in [5.41, 5.74) is 4.83. The Kier molecular flexibility index (Phi) is 5.01. The Morgan fingerprint density at radius 1 is 1.00 bits per heavy atom. The summed E-state index contributed by atoms with van der Waals surface area (Å²) in [5.74, 6) is 0. The molecule has 0 radical (unpaired) electrons. The Bertz CT molecular complexity index is 645. The Balaban J connectivity index is 1.82. The van der Waals surface area contributed by atoms with E-state index in [4.69, 9.17) is 4.74 Å². The molecule has 0 fully saturated rings. The summed E-state index contributed by atoms with van der Waals surface area (Å²) >= 11 is 3.59. The molecule has 116 valence electrons. The third-order valence-corrected chi connectivity index (χ3v) is 4.44. The number of rotatable bonds is 6. The molecule has 0 aliphatic carbocycles. The molecule has 3 rings (SSSR count). The molecule has 1 N–H and O–H groups in total. The largest absolute Gasteiger partial charge is 0.385 e. The molecule has 0 amide bonds. The summed E-state index contributed by atoms with van der Waals surface area (Å²) in [6, 6.07) is 14.9. The highest BCUT2D eigenvalue weighted by molar-refractivity contribution is 9.10. The average Bonchev–Trinajstić information content (AvgIpc) is 2.54. The first-order valence-corrected chi connectivity index (χ1v) is 8.51. The van der Waals surface area contributed by atoms with Gasteiger partial charge in [0.15, 0.2) is 0 Å². The van der Waals surface area contributed by atoms with Gasteiger partial charge in [0.05, 0.1) is 22.7 Å². The van der Waals surface area contributed by atoms with Crippen LogP contribution in [0.2, 0.25) is 0 Å². The summed E-state index contributed by atoms with van der Waals surface area (Å²) in [6.45, 7) is 1.87. The van der Waals surface area contributed by atoms with Crippen LogP contribution < -0.4 is 10.2 Å². The lowest BCUT2D eigenvalue weighted by Crippen LogP contribution is -2.23. The summed E-state index contributed by atoms with van der Waals surface area (Å²) in [4.78, 5) is 2.42. The van der Waals surface area contributed by atoms with E-state index in [-0.39, 0.29) is 0 Å². The van der Waals surface area contributed by atoms with Gasteiger partial charge in [0, 0.05) is 24.7 Å². The van der Waals surface area contributed by atoms with Crippen LogP contribution in [0.15, 0.2) is 46.9 Å². The maximum Gasteiger partial charge on any atom is 0.0661 e. The van der Waals surface area contributed by atoms with Crippen molar-refractivity contribution in [2.75, 3.05) is 30.5 Å². The Morgan fingerprint density at radius 3 is 2.68 bits per heavy atom. The van der Waals surface area contributed by atoms with Crippen LogP contribution in [0.4, 0.5) is 22.7 Å². The van der Waals surface area contributed by atoms with Crippen LogP contribution in [0.5, 0.6) is 0 Å². The molecular formula is C18H21BrN2O. The van der Waals surface area contributed by atoms with Crippen molar-refractivity contribution in [3.05, 3.63) is 46.9 Å². The van der Waals surface area contributed by atoms with Crippen LogP contribution >= 0.6 is 15.9 Å². The first kappa shape index (κ1) is 15.4. The zero-order valence-corrected chi connectivity index (χ0v) is 14.4. The number of unbranched alkanes of at least 4 members (excludes halogenated alkanes) is 2. The van der Waals surface area contributed by atoms with Gasteiger partial charge < -0.3 is 15.0 Å². The van der Waals surface area contributed by atoms with Crippen LogP contribution in [0, 0.1) is 0 Å². The molecule has 0 spiro atoms. The van der Waals surface area contributed by atoms with Crippen molar-refractivity contribution in [3.8, 4) is 0 Å². The number of anilines is 4. The van der Waals surface area contributed by atoms with Gasteiger partial charge in [-0.1, -0.05) is 28.1 Å². The maximum atomic E-state index is 5.13. The van der Waals surface area contributed by atoms with E-state index in [1.165, 1.54) is 29.2 Å². The van der Waals surface area contributed by atoms with Gasteiger partial charge >= 0.3 is 0 Å². The molecular weight excluding hydrogens is 340 g/mol. The fourth-order valence-electron chi connectivity index (χ4n) is 2.86. The highest BCUT2D eigenvalue weighted by Crippen LogP contribution is 2.44. The van der Waals surface area contributed by atoms with Gasteiger partial charge in [0.1, 0.15) is 0 Å². The molecule has 1 aliphatic heterocycles. The van der Waals surface area contributed by atoms with Crippen LogP contribution in [0.3, 0.4) is 0 Å². The number of fused-ring (bicyclic) bond motifs is 2. The van der Waals surface area contributed by atoms with E-state index in [1.54, 1.807) is 7.11 Å². The molecule has 2 aromatic carbocycles. The third kappa shape index (κ3) is 3.28. The Morgan fingerprint density at radius 2 is 1.82 bits per heavy atom. The van der Waals surface area contributed by atoms with Crippen molar-refractivity contribution < 1.29 is 4.74 Å². The fourth-order valence-corrected chi connectivity index (χ4v) is 3.21. The van der Waals surface area contributed by atoms with E-state index in [0.29, 0.717) is 0 Å². The minimum Gasteiger partial charge on any atom is -0.385 e. The van der Waals surface area contributed by atoms with Crippen molar-refractivity contribution in [3.63, 3.8) is 0 Å². The lowest BCUT2D eigenvalue weighted by Gasteiger charge is -2.34. The number of halogens is 1. The summed E-state index contributed by atoms with van der Waals surface area (Å²) in [7, 11) is 1.76. The monoisotopic (exact) mass is 360 g/mol. The van der Waals surface area contributed by atoms with Crippen molar-refractivity contribution in [1.82, 2.24) is 0 Å². The molecule has 1 aliphatic rings. The minimum absolute atomic E-state index is 0.847. The van der Waals surface area contributed by atoms with Gasteiger partial charge in [-0.05, 0) is 49.6 Å². The standard InChI is InChI=1S/C18H21BrN2O/c1-22-12-6-2-5-11-21-17-8-4-3-7-15(17)20-16-10-9-14(19)13-18(16)21/h3-4,7-10,13,20H,2,5-6,11-12H2,1H3. The fraction of sp³-hybridized carbons (Fsp3) is 0.333. The summed E-state index contributed by atoms with van der Waals surface area (Å²) in [5, 5.41) is 3.53. The maximum absolute atomic E-state index is 5.13. The van der Waals surface area contributed by atoms with Crippen LogP contribution in [0.1, 0.15) is 19.3 Å². The number of ether oxygens (including phenoxy) is 1. The van der Waals surface area contributed by atoms with E-state index < -0.39 is 0 Å². The quantitative estimate of drug-likeness (QED) is 0.692. The van der Waals surface area contributed by atoms with Gasteiger partial charge in [0.2, 0.25) is 0 Å². The van der Waals surface area contributed by atoms with E-state index in [2.05, 4.69) is 68.6 Å². The van der Waals surface area contributed by atoms with Gasteiger partial charge in [-0.2, -0.15) is 0 Å². The predicted molar refractivity (Wildman–Crippen MR) is 96.6 cm³/mol.